The van der Waals surface area contributed by atoms with Gasteiger partial charge in [-0.25, -0.2) is 0 Å². The SMILES string of the molecule is CN(CCCCCn1nnc(-c2ccccc2)n1)c1ccccc1. The minimum Gasteiger partial charge on any atom is -0.375 e. The summed E-state index contributed by atoms with van der Waals surface area (Å²) in [4.78, 5) is 3.99. The highest BCUT2D eigenvalue weighted by Gasteiger charge is 2.05. The number of unbranched alkanes of at least 4 members (excludes halogenated alkanes) is 2. The highest BCUT2D eigenvalue weighted by molar-refractivity contribution is 5.52. The van der Waals surface area contributed by atoms with Gasteiger partial charge >= 0.3 is 0 Å². The molecular weight excluding hydrogens is 298 g/mol. The number of para-hydroxylation sites is 1. The minimum absolute atomic E-state index is 0.694. The van der Waals surface area contributed by atoms with Crippen LogP contribution < -0.4 is 4.90 Å². The van der Waals surface area contributed by atoms with Gasteiger partial charge in [-0.05, 0) is 36.6 Å². The molecule has 0 amide bonds. The maximum atomic E-state index is 4.44. The minimum atomic E-state index is 0.694. The first-order valence-electron chi connectivity index (χ1n) is 8.42. The zero-order chi connectivity index (χ0) is 16.6. The second-order valence-electron chi connectivity index (χ2n) is 5.89. The Morgan fingerprint density at radius 2 is 1.58 bits per heavy atom. The van der Waals surface area contributed by atoms with Crippen molar-refractivity contribution in [2.45, 2.75) is 25.8 Å². The first-order chi connectivity index (χ1) is 11.8. The third-order valence-electron chi connectivity index (χ3n) is 4.03. The molecule has 1 heterocycles. The van der Waals surface area contributed by atoms with Crippen LogP contribution in [0.25, 0.3) is 11.4 Å². The van der Waals surface area contributed by atoms with Gasteiger partial charge < -0.3 is 4.90 Å². The van der Waals surface area contributed by atoms with E-state index >= 15 is 0 Å². The molecule has 0 aliphatic rings. The van der Waals surface area contributed by atoms with Gasteiger partial charge in [0.2, 0.25) is 5.82 Å². The van der Waals surface area contributed by atoms with Crippen molar-refractivity contribution in [2.24, 2.45) is 0 Å². The van der Waals surface area contributed by atoms with Gasteiger partial charge in [0, 0.05) is 24.8 Å². The van der Waals surface area contributed by atoms with Gasteiger partial charge in [0.05, 0.1) is 6.54 Å². The van der Waals surface area contributed by atoms with Gasteiger partial charge in [0.15, 0.2) is 0 Å². The first kappa shape index (κ1) is 16.2. The van der Waals surface area contributed by atoms with E-state index in [9.17, 15) is 0 Å². The molecule has 0 aliphatic carbocycles. The molecule has 124 valence electrons. The summed E-state index contributed by atoms with van der Waals surface area (Å²) in [5, 5.41) is 12.7. The van der Waals surface area contributed by atoms with Crippen LogP contribution >= 0.6 is 0 Å². The zero-order valence-electron chi connectivity index (χ0n) is 14.0. The Morgan fingerprint density at radius 1 is 0.875 bits per heavy atom. The van der Waals surface area contributed by atoms with E-state index in [2.05, 4.69) is 51.6 Å². The van der Waals surface area contributed by atoms with E-state index < -0.39 is 0 Å². The van der Waals surface area contributed by atoms with Crippen molar-refractivity contribution in [1.82, 2.24) is 20.2 Å². The van der Waals surface area contributed by atoms with Crippen molar-refractivity contribution in [3.63, 3.8) is 0 Å². The number of aryl methyl sites for hydroxylation is 1. The third-order valence-corrected chi connectivity index (χ3v) is 4.03. The lowest BCUT2D eigenvalue weighted by Gasteiger charge is -2.18. The van der Waals surface area contributed by atoms with Gasteiger partial charge in [-0.2, -0.15) is 4.80 Å². The molecule has 0 saturated carbocycles. The first-order valence-corrected chi connectivity index (χ1v) is 8.42. The van der Waals surface area contributed by atoms with E-state index in [1.807, 2.05) is 36.4 Å². The Balaban J connectivity index is 1.39. The highest BCUT2D eigenvalue weighted by atomic mass is 15.6. The topological polar surface area (TPSA) is 46.8 Å². The lowest BCUT2D eigenvalue weighted by Crippen LogP contribution is -2.18. The Hall–Kier alpha value is -2.69. The number of hydrogen-bond donors (Lipinski definition) is 0. The van der Waals surface area contributed by atoms with Crippen LogP contribution in [0.15, 0.2) is 60.7 Å². The van der Waals surface area contributed by atoms with Gasteiger partial charge in [-0.3, -0.25) is 0 Å². The number of nitrogens with zero attached hydrogens (tertiary/aromatic N) is 5. The van der Waals surface area contributed by atoms with Crippen molar-refractivity contribution < 1.29 is 0 Å². The number of benzene rings is 2. The second-order valence-corrected chi connectivity index (χ2v) is 5.89. The summed E-state index contributed by atoms with van der Waals surface area (Å²) < 4.78 is 0. The monoisotopic (exact) mass is 321 g/mol. The molecule has 0 spiro atoms. The fourth-order valence-corrected chi connectivity index (χ4v) is 2.63. The lowest BCUT2D eigenvalue weighted by molar-refractivity contribution is 0.482. The number of tetrazole rings is 1. The molecule has 0 bridgehead atoms. The maximum absolute atomic E-state index is 4.44. The van der Waals surface area contributed by atoms with Gasteiger partial charge in [-0.15, -0.1) is 10.2 Å². The molecule has 3 rings (SSSR count). The zero-order valence-corrected chi connectivity index (χ0v) is 14.0. The molecule has 2 aromatic carbocycles. The van der Waals surface area contributed by atoms with Crippen LogP contribution in [0.3, 0.4) is 0 Å². The van der Waals surface area contributed by atoms with Crippen molar-refractivity contribution in [2.75, 3.05) is 18.5 Å². The van der Waals surface area contributed by atoms with E-state index in [0.717, 1.165) is 37.9 Å². The summed E-state index contributed by atoms with van der Waals surface area (Å²) in [5.41, 5.74) is 2.27. The molecule has 0 saturated heterocycles. The summed E-state index contributed by atoms with van der Waals surface area (Å²) in [5.74, 6) is 0.694. The Kier molecular flexibility index (Phi) is 5.56. The largest absolute Gasteiger partial charge is 0.375 e. The highest BCUT2D eigenvalue weighted by Crippen LogP contribution is 2.13. The molecular formula is C19H23N5. The number of aromatic nitrogens is 4. The van der Waals surface area contributed by atoms with Crippen LogP contribution in [-0.4, -0.2) is 33.8 Å². The smallest absolute Gasteiger partial charge is 0.204 e. The number of anilines is 1. The quantitative estimate of drug-likeness (QED) is 0.594. The molecule has 24 heavy (non-hydrogen) atoms. The van der Waals surface area contributed by atoms with Crippen LogP contribution in [0.1, 0.15) is 19.3 Å². The van der Waals surface area contributed by atoms with E-state index in [0.29, 0.717) is 5.82 Å². The molecule has 5 nitrogen and oxygen atoms in total. The molecule has 0 radical (unpaired) electrons. The standard InChI is InChI=1S/C19H23N5/c1-23(18-13-7-3-8-14-18)15-9-4-10-16-24-21-19(20-22-24)17-11-5-2-6-12-17/h2-3,5-8,11-14H,4,9-10,15-16H2,1H3. The molecule has 0 atom stereocenters. The summed E-state index contributed by atoms with van der Waals surface area (Å²) in [7, 11) is 2.14. The Morgan fingerprint density at radius 3 is 2.33 bits per heavy atom. The van der Waals surface area contributed by atoms with Gasteiger partial charge in [0.25, 0.3) is 0 Å². The predicted octanol–water partition coefficient (Wildman–Crippen LogP) is 3.65. The molecule has 0 aliphatic heterocycles. The maximum Gasteiger partial charge on any atom is 0.204 e. The lowest BCUT2D eigenvalue weighted by atomic mass is 10.2. The molecule has 0 N–H and O–H groups in total. The summed E-state index contributed by atoms with van der Waals surface area (Å²) >= 11 is 0. The Bertz CT molecular complexity index is 724. The van der Waals surface area contributed by atoms with Crippen LogP contribution in [0.4, 0.5) is 5.69 Å². The summed E-state index contributed by atoms with van der Waals surface area (Å²) in [6.07, 6.45) is 3.37. The molecule has 0 fully saturated rings. The predicted molar refractivity (Wildman–Crippen MR) is 96.8 cm³/mol. The van der Waals surface area contributed by atoms with Crippen molar-refractivity contribution >= 4 is 5.69 Å². The van der Waals surface area contributed by atoms with Crippen molar-refractivity contribution in [3.05, 3.63) is 60.7 Å². The van der Waals surface area contributed by atoms with Crippen LogP contribution in [-0.2, 0) is 6.54 Å². The fraction of sp³-hybridized carbons (Fsp3) is 0.316. The van der Waals surface area contributed by atoms with Crippen LogP contribution in [0.5, 0.6) is 0 Å². The molecule has 1 aromatic heterocycles. The third kappa shape index (κ3) is 4.41. The average molecular weight is 321 g/mol. The average Bonchev–Trinajstić information content (AvgIpc) is 3.12. The molecule has 0 unspecified atom stereocenters. The van der Waals surface area contributed by atoms with E-state index in [1.165, 1.54) is 5.69 Å². The second kappa shape index (κ2) is 8.24. The van der Waals surface area contributed by atoms with Crippen LogP contribution in [0, 0.1) is 0 Å². The normalized spacial score (nSPS) is 10.7. The van der Waals surface area contributed by atoms with Crippen molar-refractivity contribution in [1.29, 1.82) is 0 Å². The molecule has 3 aromatic rings. The fourth-order valence-electron chi connectivity index (χ4n) is 2.63. The Labute approximate surface area is 142 Å². The number of rotatable bonds is 8. The van der Waals surface area contributed by atoms with Gasteiger partial charge in [-0.1, -0.05) is 48.5 Å². The summed E-state index contributed by atoms with van der Waals surface area (Å²) in [6.45, 7) is 1.87. The van der Waals surface area contributed by atoms with E-state index in [1.54, 1.807) is 4.80 Å². The van der Waals surface area contributed by atoms with Gasteiger partial charge in [0.1, 0.15) is 0 Å². The number of hydrogen-bond acceptors (Lipinski definition) is 4. The van der Waals surface area contributed by atoms with Crippen LogP contribution in [0.2, 0.25) is 0 Å². The van der Waals surface area contributed by atoms with E-state index in [4.69, 9.17) is 0 Å². The van der Waals surface area contributed by atoms with Crippen molar-refractivity contribution in [3.8, 4) is 11.4 Å². The molecule has 5 heteroatoms. The van der Waals surface area contributed by atoms with E-state index in [-0.39, 0.29) is 0 Å². The summed E-state index contributed by atoms with van der Waals surface area (Å²) in [6, 6.07) is 20.4.